The van der Waals surface area contributed by atoms with E-state index in [0.29, 0.717) is 29.1 Å². The van der Waals surface area contributed by atoms with Gasteiger partial charge >= 0.3 is 0 Å². The molecule has 1 saturated heterocycles. The van der Waals surface area contributed by atoms with Crippen molar-refractivity contribution in [3.8, 4) is 0 Å². The molecule has 1 atom stereocenters. The third kappa shape index (κ3) is 4.37. The second-order valence-corrected chi connectivity index (χ2v) is 10.4. The van der Waals surface area contributed by atoms with Gasteiger partial charge in [-0.25, -0.2) is 13.1 Å². The molecule has 170 valence electrons. The van der Waals surface area contributed by atoms with Crippen LogP contribution in [0.25, 0.3) is 11.0 Å². The van der Waals surface area contributed by atoms with Crippen molar-refractivity contribution in [3.05, 3.63) is 47.5 Å². The molecular weight excluding hydrogens is 450 g/mol. The first-order chi connectivity index (χ1) is 15.3. The van der Waals surface area contributed by atoms with E-state index in [1.807, 2.05) is 11.6 Å². The average molecular weight is 476 g/mol. The minimum Gasteiger partial charge on any atom is -0.325 e. The molecule has 2 aromatic carbocycles. The van der Waals surface area contributed by atoms with Crippen molar-refractivity contribution in [3.63, 3.8) is 0 Å². The Bertz CT molecular complexity index is 1240. The van der Waals surface area contributed by atoms with Crippen LogP contribution in [0.3, 0.4) is 0 Å². The molecule has 0 radical (unpaired) electrons. The van der Waals surface area contributed by atoms with Crippen LogP contribution in [0, 0.1) is 5.92 Å². The number of sulfonamides is 1. The molecule has 1 N–H and O–H groups in total. The standard InChI is InChI=1S/C22H26ClN5O3S/c1-3-15(2)28-21-9-8-17(14-20(21)25-26-28)32(30,31)27-12-10-16(11-13-27)22(29)24-19-7-5-4-6-18(19)23/h4-9,14-16H,3,10-13H2,1-2H3,(H,24,29)/t15-/m1/s1. The highest BCUT2D eigenvalue weighted by Gasteiger charge is 2.32. The highest BCUT2D eigenvalue weighted by molar-refractivity contribution is 7.89. The van der Waals surface area contributed by atoms with Crippen LogP contribution in [0.15, 0.2) is 47.4 Å². The topological polar surface area (TPSA) is 97.2 Å². The van der Waals surface area contributed by atoms with Crippen molar-refractivity contribution in [2.24, 2.45) is 5.92 Å². The number of nitrogens with zero attached hydrogens (tertiary/aromatic N) is 4. The first kappa shape index (κ1) is 22.7. The third-order valence-electron chi connectivity index (χ3n) is 6.05. The summed E-state index contributed by atoms with van der Waals surface area (Å²) in [5.74, 6) is -0.408. The molecule has 10 heteroatoms. The van der Waals surface area contributed by atoms with Crippen LogP contribution in [0.1, 0.15) is 39.2 Å². The Hall–Kier alpha value is -2.49. The Morgan fingerprint density at radius 2 is 1.94 bits per heavy atom. The Labute approximate surface area is 192 Å². The largest absolute Gasteiger partial charge is 0.325 e. The lowest BCUT2D eigenvalue weighted by molar-refractivity contribution is -0.120. The lowest BCUT2D eigenvalue weighted by Gasteiger charge is -2.30. The molecule has 3 aromatic rings. The van der Waals surface area contributed by atoms with Gasteiger partial charge < -0.3 is 5.32 Å². The molecule has 1 fully saturated rings. The highest BCUT2D eigenvalue weighted by Crippen LogP contribution is 2.28. The summed E-state index contributed by atoms with van der Waals surface area (Å²) in [6.45, 7) is 4.67. The van der Waals surface area contributed by atoms with E-state index in [-0.39, 0.29) is 35.9 Å². The van der Waals surface area contributed by atoms with Crippen molar-refractivity contribution in [1.82, 2.24) is 19.3 Å². The lowest BCUT2D eigenvalue weighted by atomic mass is 9.97. The Morgan fingerprint density at radius 1 is 1.22 bits per heavy atom. The summed E-state index contributed by atoms with van der Waals surface area (Å²) in [6.07, 6.45) is 1.79. The number of hydrogen-bond donors (Lipinski definition) is 1. The fourth-order valence-corrected chi connectivity index (χ4v) is 5.56. The van der Waals surface area contributed by atoms with E-state index in [0.717, 1.165) is 11.9 Å². The zero-order valence-electron chi connectivity index (χ0n) is 18.0. The van der Waals surface area contributed by atoms with Crippen LogP contribution in [0.2, 0.25) is 5.02 Å². The Morgan fingerprint density at radius 3 is 2.62 bits per heavy atom. The molecule has 0 bridgehead atoms. The van der Waals surface area contributed by atoms with Crippen molar-refractivity contribution in [2.75, 3.05) is 18.4 Å². The van der Waals surface area contributed by atoms with Gasteiger partial charge in [0, 0.05) is 19.0 Å². The second-order valence-electron chi connectivity index (χ2n) is 8.09. The lowest BCUT2D eigenvalue weighted by Crippen LogP contribution is -2.41. The van der Waals surface area contributed by atoms with Crippen LogP contribution in [0.5, 0.6) is 0 Å². The number of anilines is 1. The molecular formula is C22H26ClN5O3S. The van der Waals surface area contributed by atoms with E-state index in [1.54, 1.807) is 42.5 Å². The molecule has 8 nitrogen and oxygen atoms in total. The number of rotatable bonds is 6. The minimum atomic E-state index is -3.68. The van der Waals surface area contributed by atoms with Gasteiger partial charge in [0.25, 0.3) is 0 Å². The van der Waals surface area contributed by atoms with Crippen molar-refractivity contribution < 1.29 is 13.2 Å². The average Bonchev–Trinajstić information content (AvgIpc) is 3.23. The molecule has 1 aliphatic heterocycles. The van der Waals surface area contributed by atoms with Crippen molar-refractivity contribution >= 4 is 44.3 Å². The first-order valence-corrected chi connectivity index (χ1v) is 12.5. The number of fused-ring (bicyclic) bond motifs is 1. The predicted octanol–water partition coefficient (Wildman–Crippen LogP) is 4.10. The molecule has 0 aliphatic carbocycles. The SMILES string of the molecule is CC[C@@H](C)n1nnc2cc(S(=O)(=O)N3CCC(C(=O)Nc4ccccc4Cl)CC3)ccc21. The number of nitrogens with one attached hydrogen (secondary N) is 1. The Balaban J connectivity index is 1.44. The van der Waals surface area contributed by atoms with Gasteiger partial charge in [-0.15, -0.1) is 5.10 Å². The van der Waals surface area contributed by atoms with Crippen LogP contribution >= 0.6 is 11.6 Å². The molecule has 0 spiro atoms. The molecule has 4 rings (SSSR count). The van der Waals surface area contributed by atoms with E-state index < -0.39 is 10.0 Å². The summed E-state index contributed by atoms with van der Waals surface area (Å²) >= 11 is 6.11. The van der Waals surface area contributed by atoms with Gasteiger partial charge in [-0.3, -0.25) is 4.79 Å². The maximum atomic E-state index is 13.2. The van der Waals surface area contributed by atoms with E-state index in [4.69, 9.17) is 11.6 Å². The van der Waals surface area contributed by atoms with Gasteiger partial charge in [-0.05, 0) is 56.5 Å². The number of hydrogen-bond acceptors (Lipinski definition) is 5. The van der Waals surface area contributed by atoms with Crippen molar-refractivity contribution in [1.29, 1.82) is 0 Å². The maximum absolute atomic E-state index is 13.2. The fraction of sp³-hybridized carbons (Fsp3) is 0.409. The molecule has 0 saturated carbocycles. The summed E-state index contributed by atoms with van der Waals surface area (Å²) in [7, 11) is -3.68. The van der Waals surface area contributed by atoms with Crippen LogP contribution in [-0.4, -0.2) is 46.7 Å². The van der Waals surface area contributed by atoms with E-state index in [9.17, 15) is 13.2 Å². The van der Waals surface area contributed by atoms with Crippen LogP contribution < -0.4 is 5.32 Å². The van der Waals surface area contributed by atoms with Gasteiger partial charge in [0.1, 0.15) is 5.52 Å². The quantitative estimate of drug-likeness (QED) is 0.579. The van der Waals surface area contributed by atoms with Gasteiger partial charge in [-0.1, -0.05) is 35.9 Å². The normalized spacial score (nSPS) is 16.8. The van der Waals surface area contributed by atoms with Gasteiger partial charge in [0.2, 0.25) is 15.9 Å². The van der Waals surface area contributed by atoms with Crippen LogP contribution in [-0.2, 0) is 14.8 Å². The highest BCUT2D eigenvalue weighted by atomic mass is 35.5. The van der Waals surface area contributed by atoms with Gasteiger partial charge in [-0.2, -0.15) is 4.31 Å². The number of carbonyl (C=O) groups is 1. The molecule has 2 heterocycles. The number of halogens is 1. The number of aromatic nitrogens is 3. The number of amides is 1. The molecule has 0 unspecified atom stereocenters. The number of benzene rings is 2. The van der Waals surface area contributed by atoms with E-state index in [2.05, 4.69) is 22.6 Å². The fourth-order valence-electron chi connectivity index (χ4n) is 3.89. The second kappa shape index (κ2) is 9.17. The van der Waals surface area contributed by atoms with Crippen molar-refractivity contribution in [2.45, 2.75) is 44.0 Å². The van der Waals surface area contributed by atoms with Gasteiger partial charge in [0.05, 0.1) is 27.2 Å². The number of piperidine rings is 1. The monoisotopic (exact) mass is 475 g/mol. The van der Waals surface area contributed by atoms with E-state index >= 15 is 0 Å². The summed E-state index contributed by atoms with van der Waals surface area (Å²) in [5, 5.41) is 11.7. The minimum absolute atomic E-state index is 0.141. The zero-order chi connectivity index (χ0) is 22.9. The maximum Gasteiger partial charge on any atom is 0.243 e. The molecule has 1 aromatic heterocycles. The van der Waals surface area contributed by atoms with E-state index in [1.165, 1.54) is 4.31 Å². The number of para-hydroxylation sites is 1. The predicted molar refractivity (Wildman–Crippen MR) is 124 cm³/mol. The first-order valence-electron chi connectivity index (χ1n) is 10.7. The van der Waals surface area contributed by atoms with Gasteiger partial charge in [0.15, 0.2) is 0 Å². The molecule has 32 heavy (non-hydrogen) atoms. The smallest absolute Gasteiger partial charge is 0.243 e. The summed E-state index contributed by atoms with van der Waals surface area (Å²) in [6, 6.07) is 12.2. The molecule has 1 amide bonds. The summed E-state index contributed by atoms with van der Waals surface area (Å²) < 4.78 is 29.6. The third-order valence-corrected chi connectivity index (χ3v) is 8.27. The van der Waals surface area contributed by atoms with Crippen LogP contribution in [0.4, 0.5) is 5.69 Å². The molecule has 1 aliphatic rings. The summed E-state index contributed by atoms with van der Waals surface area (Å²) in [5.41, 5.74) is 1.93. The number of carbonyl (C=O) groups excluding carboxylic acids is 1. The zero-order valence-corrected chi connectivity index (χ0v) is 19.6. The Kier molecular flexibility index (Phi) is 6.50. The summed E-state index contributed by atoms with van der Waals surface area (Å²) in [4.78, 5) is 12.8.